The van der Waals surface area contributed by atoms with E-state index < -0.39 is 0 Å². The van der Waals surface area contributed by atoms with E-state index in [1.165, 1.54) is 54.2 Å². The Morgan fingerprint density at radius 2 is 0.550 bits per heavy atom. The van der Waals surface area contributed by atoms with Crippen molar-refractivity contribution < 1.29 is 0 Å². The van der Waals surface area contributed by atoms with Crippen molar-refractivity contribution in [2.24, 2.45) is 0 Å². The lowest BCUT2D eigenvalue weighted by Gasteiger charge is -2.26. The second-order valence-corrected chi connectivity index (χ2v) is 17.4. The lowest BCUT2D eigenvalue weighted by Crippen LogP contribution is -2.10. The van der Waals surface area contributed by atoms with Crippen molar-refractivity contribution in [2.45, 2.75) is 13.8 Å². The molecular formula is C56H40Br2N2. The SMILES string of the molecule is Cc1ccc2cc(N(c3ccc(C=Cc4ccc(N(c5ccc6cc(C)ccc6c5)c5ccc6cc(Br)ccc6c5)cc4)cc3)c3ccc4cc(Br)ccc4c3)ccc2c1. The Bertz CT molecular complexity index is 2870. The highest BCUT2D eigenvalue weighted by Gasteiger charge is 2.16. The van der Waals surface area contributed by atoms with Crippen LogP contribution in [0, 0.1) is 13.8 Å². The molecule has 0 N–H and O–H groups in total. The Labute approximate surface area is 367 Å². The van der Waals surface area contributed by atoms with E-state index in [0.29, 0.717) is 0 Å². The van der Waals surface area contributed by atoms with Gasteiger partial charge in [0.15, 0.2) is 0 Å². The highest BCUT2D eigenvalue weighted by atomic mass is 79.9. The fraction of sp³-hybridized carbons (Fsp3) is 0.0357. The topological polar surface area (TPSA) is 6.48 Å². The van der Waals surface area contributed by atoms with Crippen molar-refractivity contribution in [3.8, 4) is 0 Å². The predicted molar refractivity (Wildman–Crippen MR) is 266 cm³/mol. The summed E-state index contributed by atoms with van der Waals surface area (Å²) < 4.78 is 2.16. The molecule has 0 aliphatic rings. The van der Waals surface area contributed by atoms with Gasteiger partial charge < -0.3 is 9.80 Å². The quantitative estimate of drug-likeness (QED) is 0.140. The van der Waals surface area contributed by atoms with E-state index in [1.807, 2.05) is 0 Å². The first kappa shape index (κ1) is 37.8. The lowest BCUT2D eigenvalue weighted by atomic mass is 10.0. The Morgan fingerprint density at radius 3 is 0.900 bits per heavy atom. The Balaban J connectivity index is 0.957. The smallest absolute Gasteiger partial charge is 0.0468 e. The molecule has 0 saturated heterocycles. The van der Waals surface area contributed by atoms with Gasteiger partial charge in [0.05, 0.1) is 0 Å². The van der Waals surface area contributed by atoms with Crippen LogP contribution in [0.5, 0.6) is 0 Å². The summed E-state index contributed by atoms with van der Waals surface area (Å²) in [6.07, 6.45) is 4.39. The van der Waals surface area contributed by atoms with Crippen LogP contribution in [0.2, 0.25) is 0 Å². The van der Waals surface area contributed by atoms with Gasteiger partial charge in [-0.1, -0.05) is 152 Å². The molecule has 10 rings (SSSR count). The zero-order valence-corrected chi connectivity index (χ0v) is 36.5. The number of hydrogen-bond acceptors (Lipinski definition) is 2. The summed E-state index contributed by atoms with van der Waals surface area (Å²) in [5, 5.41) is 9.73. The molecule has 0 fully saturated rings. The minimum absolute atomic E-state index is 1.08. The Hall–Kier alpha value is -6.46. The summed E-state index contributed by atoms with van der Waals surface area (Å²) in [7, 11) is 0. The zero-order valence-electron chi connectivity index (χ0n) is 33.3. The third-order valence-electron chi connectivity index (χ3n) is 11.3. The van der Waals surface area contributed by atoms with E-state index in [4.69, 9.17) is 0 Å². The molecule has 0 radical (unpaired) electrons. The van der Waals surface area contributed by atoms with Crippen LogP contribution in [0.4, 0.5) is 34.1 Å². The second-order valence-electron chi connectivity index (χ2n) is 15.6. The molecule has 10 aromatic rings. The average molecular weight is 901 g/mol. The van der Waals surface area contributed by atoms with E-state index in [2.05, 4.69) is 262 Å². The maximum absolute atomic E-state index is 3.64. The number of aryl methyl sites for hydroxylation is 2. The van der Waals surface area contributed by atoms with Gasteiger partial charge in [-0.2, -0.15) is 0 Å². The summed E-state index contributed by atoms with van der Waals surface area (Å²) in [6.45, 7) is 4.29. The third-order valence-corrected chi connectivity index (χ3v) is 12.3. The normalized spacial score (nSPS) is 11.6. The van der Waals surface area contributed by atoms with Crippen molar-refractivity contribution in [1.82, 2.24) is 0 Å². The van der Waals surface area contributed by atoms with E-state index >= 15 is 0 Å². The first-order valence-electron chi connectivity index (χ1n) is 20.2. The molecule has 2 nitrogen and oxygen atoms in total. The lowest BCUT2D eigenvalue weighted by molar-refractivity contribution is 1.29. The monoisotopic (exact) mass is 898 g/mol. The fourth-order valence-corrected chi connectivity index (χ4v) is 8.98. The van der Waals surface area contributed by atoms with E-state index in [1.54, 1.807) is 0 Å². The molecule has 10 aromatic carbocycles. The second kappa shape index (κ2) is 16.0. The van der Waals surface area contributed by atoms with Crippen LogP contribution >= 0.6 is 31.9 Å². The molecule has 0 bridgehead atoms. The Kier molecular flexibility index (Phi) is 10.0. The van der Waals surface area contributed by atoms with Crippen LogP contribution in [-0.4, -0.2) is 0 Å². The summed E-state index contributed by atoms with van der Waals surface area (Å²) in [4.78, 5) is 4.70. The average Bonchev–Trinajstić information content (AvgIpc) is 3.27. The Morgan fingerprint density at radius 1 is 0.283 bits per heavy atom. The van der Waals surface area contributed by atoms with Gasteiger partial charge in [-0.05, 0) is 165 Å². The van der Waals surface area contributed by atoms with E-state index in [-0.39, 0.29) is 0 Å². The van der Waals surface area contributed by atoms with E-state index in [9.17, 15) is 0 Å². The van der Waals surface area contributed by atoms with Crippen molar-refractivity contribution in [3.63, 3.8) is 0 Å². The van der Waals surface area contributed by atoms with Crippen LogP contribution in [0.15, 0.2) is 203 Å². The molecule has 0 heterocycles. The number of nitrogens with zero attached hydrogens (tertiary/aromatic N) is 2. The summed E-state index contributed by atoms with van der Waals surface area (Å²) in [5.74, 6) is 0. The molecule has 60 heavy (non-hydrogen) atoms. The molecule has 0 aliphatic carbocycles. The number of anilines is 6. The minimum atomic E-state index is 1.08. The number of fused-ring (bicyclic) bond motifs is 4. The highest BCUT2D eigenvalue weighted by molar-refractivity contribution is 9.10. The largest absolute Gasteiger partial charge is 0.310 e. The van der Waals surface area contributed by atoms with Crippen LogP contribution in [0.25, 0.3) is 55.2 Å². The molecule has 0 amide bonds. The summed E-state index contributed by atoms with van der Waals surface area (Å²) >= 11 is 7.28. The summed E-state index contributed by atoms with van der Waals surface area (Å²) in [6, 6.07) is 70.8. The van der Waals surface area contributed by atoms with Crippen molar-refractivity contribution >= 4 is 121 Å². The summed E-state index contributed by atoms with van der Waals surface area (Å²) in [5.41, 5.74) is 11.5. The molecule has 0 unspecified atom stereocenters. The van der Waals surface area contributed by atoms with Crippen LogP contribution in [-0.2, 0) is 0 Å². The molecule has 0 aliphatic heterocycles. The van der Waals surface area contributed by atoms with Crippen molar-refractivity contribution in [2.75, 3.05) is 9.80 Å². The zero-order chi connectivity index (χ0) is 40.7. The standard InChI is InChI=1S/C56H40Br2N2/c1-37-3-11-45-33-53(25-15-41(45)29-37)59(55-27-17-43-31-49(57)19-13-47(43)35-55)51-21-7-39(8-22-51)5-6-40-9-23-52(24-10-40)60(54-26-16-42-30-38(2)4-12-46(42)34-54)56-28-18-44-32-50(58)20-14-48(44)36-56/h3-36H,1-2H3. The van der Waals surface area contributed by atoms with Gasteiger partial charge in [0.2, 0.25) is 0 Å². The molecular weight excluding hydrogens is 860 g/mol. The highest BCUT2D eigenvalue weighted by Crippen LogP contribution is 2.40. The fourth-order valence-electron chi connectivity index (χ4n) is 8.23. The molecule has 0 atom stereocenters. The van der Waals surface area contributed by atoms with Crippen LogP contribution in [0.3, 0.4) is 0 Å². The molecule has 0 saturated carbocycles. The van der Waals surface area contributed by atoms with Crippen molar-refractivity contribution in [1.29, 1.82) is 0 Å². The maximum atomic E-state index is 3.64. The molecule has 0 spiro atoms. The molecule has 0 aromatic heterocycles. The predicted octanol–water partition coefficient (Wildman–Crippen LogP) is 17.6. The van der Waals surface area contributed by atoms with Gasteiger partial charge in [0.1, 0.15) is 0 Å². The third kappa shape index (κ3) is 7.73. The van der Waals surface area contributed by atoms with Crippen molar-refractivity contribution in [3.05, 3.63) is 225 Å². The van der Waals surface area contributed by atoms with Crippen LogP contribution in [0.1, 0.15) is 22.3 Å². The first-order chi connectivity index (χ1) is 29.3. The minimum Gasteiger partial charge on any atom is -0.310 e. The van der Waals surface area contributed by atoms with Gasteiger partial charge in [-0.25, -0.2) is 0 Å². The van der Waals surface area contributed by atoms with Gasteiger partial charge in [-0.3, -0.25) is 0 Å². The van der Waals surface area contributed by atoms with Gasteiger partial charge in [0, 0.05) is 43.1 Å². The van der Waals surface area contributed by atoms with Crippen LogP contribution < -0.4 is 9.80 Å². The number of halogens is 2. The van der Waals surface area contributed by atoms with Gasteiger partial charge in [0.25, 0.3) is 0 Å². The number of benzene rings is 10. The maximum Gasteiger partial charge on any atom is 0.0468 e. The molecule has 288 valence electrons. The first-order valence-corrected chi connectivity index (χ1v) is 21.8. The van der Waals surface area contributed by atoms with Gasteiger partial charge in [-0.15, -0.1) is 0 Å². The molecule has 4 heteroatoms. The number of hydrogen-bond donors (Lipinski definition) is 0. The van der Waals surface area contributed by atoms with E-state index in [0.717, 1.165) is 54.2 Å². The number of rotatable bonds is 8. The van der Waals surface area contributed by atoms with Gasteiger partial charge >= 0.3 is 0 Å².